The summed E-state index contributed by atoms with van der Waals surface area (Å²) in [5, 5.41) is 6.08. The predicted molar refractivity (Wildman–Crippen MR) is 97.4 cm³/mol. The van der Waals surface area contributed by atoms with Crippen LogP contribution in [0.25, 0.3) is 0 Å². The second-order valence-corrected chi connectivity index (χ2v) is 7.25. The highest BCUT2D eigenvalue weighted by atomic mass is 19.1. The fraction of sp³-hybridized carbons (Fsp3) is 0.381. The second kappa shape index (κ2) is 7.64. The Morgan fingerprint density at radius 1 is 1.15 bits per heavy atom. The minimum Gasteiger partial charge on any atom is -0.486 e. The van der Waals surface area contributed by atoms with Crippen LogP contribution in [0.3, 0.4) is 0 Å². The van der Waals surface area contributed by atoms with E-state index in [4.69, 9.17) is 4.74 Å². The Bertz CT molecular complexity index is 824. The van der Waals surface area contributed by atoms with Gasteiger partial charge in [0, 0.05) is 29.6 Å². The maximum Gasteiger partial charge on any atom is 0.234 e. The molecule has 0 saturated heterocycles. The van der Waals surface area contributed by atoms with Gasteiger partial charge < -0.3 is 15.4 Å². The number of halogens is 2. The van der Waals surface area contributed by atoms with Crippen molar-refractivity contribution in [3.8, 4) is 5.75 Å². The zero-order valence-electron chi connectivity index (χ0n) is 14.9. The van der Waals surface area contributed by atoms with Gasteiger partial charge in [0.2, 0.25) is 5.91 Å². The summed E-state index contributed by atoms with van der Waals surface area (Å²) in [6.07, 6.45) is 2.81. The zero-order chi connectivity index (χ0) is 18.8. The monoisotopic (exact) mass is 372 g/mol. The molecule has 2 N–H and O–H groups in total. The van der Waals surface area contributed by atoms with Gasteiger partial charge >= 0.3 is 0 Å². The molecule has 27 heavy (non-hydrogen) atoms. The van der Waals surface area contributed by atoms with E-state index in [-0.39, 0.29) is 36.8 Å². The van der Waals surface area contributed by atoms with Crippen LogP contribution < -0.4 is 15.4 Å². The lowest BCUT2D eigenvalue weighted by molar-refractivity contribution is -0.120. The molecule has 4 rings (SSSR count). The Labute approximate surface area is 156 Å². The van der Waals surface area contributed by atoms with E-state index in [1.54, 1.807) is 0 Å². The Kier molecular flexibility index (Phi) is 5.07. The van der Waals surface area contributed by atoms with Crippen LogP contribution in [-0.4, -0.2) is 24.5 Å². The quantitative estimate of drug-likeness (QED) is 0.748. The van der Waals surface area contributed by atoms with E-state index < -0.39 is 11.6 Å². The van der Waals surface area contributed by atoms with Crippen molar-refractivity contribution in [2.24, 2.45) is 0 Å². The third kappa shape index (κ3) is 4.63. The molecule has 2 fully saturated rings. The van der Waals surface area contributed by atoms with Crippen molar-refractivity contribution in [2.75, 3.05) is 6.54 Å². The minimum absolute atomic E-state index is 0.0234. The summed E-state index contributed by atoms with van der Waals surface area (Å²) in [7, 11) is 0. The first-order chi connectivity index (χ1) is 13.1. The van der Waals surface area contributed by atoms with Crippen LogP contribution in [0.15, 0.2) is 42.5 Å². The zero-order valence-corrected chi connectivity index (χ0v) is 14.9. The van der Waals surface area contributed by atoms with Gasteiger partial charge in [-0.15, -0.1) is 0 Å². The molecule has 0 heterocycles. The molecule has 2 aliphatic rings. The standard InChI is InChI=1S/C21H22F2N2O2/c22-14-8-17(16-10-19(16)24-11-20(26)25-15-6-7-15)21(18(23)9-14)27-12-13-4-2-1-3-5-13/h1-5,8-9,15-16,19,24H,6-7,10-12H2,(H,25,26)/t16-,19+/m0/s1. The number of benzene rings is 2. The van der Waals surface area contributed by atoms with Crippen LogP contribution >= 0.6 is 0 Å². The van der Waals surface area contributed by atoms with Gasteiger partial charge in [-0.3, -0.25) is 4.79 Å². The molecule has 0 aromatic heterocycles. The first-order valence-corrected chi connectivity index (χ1v) is 9.28. The molecule has 2 atom stereocenters. The first kappa shape index (κ1) is 17.9. The minimum atomic E-state index is -0.696. The molecule has 2 aromatic rings. The summed E-state index contributed by atoms with van der Waals surface area (Å²) in [5.74, 6) is -1.31. The van der Waals surface area contributed by atoms with E-state index in [1.807, 2.05) is 30.3 Å². The smallest absolute Gasteiger partial charge is 0.234 e. The van der Waals surface area contributed by atoms with Gasteiger partial charge in [-0.2, -0.15) is 0 Å². The number of carbonyl (C=O) groups excluding carboxylic acids is 1. The third-order valence-electron chi connectivity index (χ3n) is 4.92. The number of amides is 1. The molecule has 0 radical (unpaired) electrons. The van der Waals surface area contributed by atoms with Gasteiger partial charge in [0.15, 0.2) is 11.6 Å². The lowest BCUT2D eigenvalue weighted by atomic mass is 10.1. The second-order valence-electron chi connectivity index (χ2n) is 7.25. The SMILES string of the molecule is O=C(CN[C@@H]1C[C@H]1c1cc(F)cc(F)c1OCc1ccccc1)NC1CC1. The number of nitrogens with one attached hydrogen (secondary N) is 2. The average molecular weight is 372 g/mol. The lowest BCUT2D eigenvalue weighted by Crippen LogP contribution is -2.36. The summed E-state index contributed by atoms with van der Waals surface area (Å²) in [5.41, 5.74) is 1.43. The Morgan fingerprint density at radius 3 is 2.67 bits per heavy atom. The number of rotatable bonds is 8. The predicted octanol–water partition coefficient (Wildman–Crippen LogP) is 3.27. The fourth-order valence-corrected chi connectivity index (χ4v) is 3.23. The molecule has 1 amide bonds. The number of carbonyl (C=O) groups is 1. The highest BCUT2D eigenvalue weighted by molar-refractivity contribution is 5.78. The molecule has 2 saturated carbocycles. The van der Waals surface area contributed by atoms with E-state index in [2.05, 4.69) is 10.6 Å². The van der Waals surface area contributed by atoms with Crippen LogP contribution in [0.5, 0.6) is 5.75 Å². The molecule has 2 aromatic carbocycles. The highest BCUT2D eigenvalue weighted by Gasteiger charge is 2.41. The maximum atomic E-state index is 14.3. The van der Waals surface area contributed by atoms with Crippen molar-refractivity contribution in [1.29, 1.82) is 0 Å². The van der Waals surface area contributed by atoms with Crippen LogP contribution in [0.1, 0.15) is 36.3 Å². The largest absolute Gasteiger partial charge is 0.486 e. The summed E-state index contributed by atoms with van der Waals surface area (Å²) in [6, 6.07) is 12.0. The molecule has 2 aliphatic carbocycles. The van der Waals surface area contributed by atoms with E-state index in [1.165, 1.54) is 6.07 Å². The fourth-order valence-electron chi connectivity index (χ4n) is 3.23. The van der Waals surface area contributed by atoms with Crippen molar-refractivity contribution in [3.63, 3.8) is 0 Å². The molecule has 0 spiro atoms. The number of hydrogen-bond acceptors (Lipinski definition) is 3. The van der Waals surface area contributed by atoms with Crippen LogP contribution in [0.2, 0.25) is 0 Å². The maximum absolute atomic E-state index is 14.3. The van der Waals surface area contributed by atoms with E-state index in [9.17, 15) is 13.6 Å². The molecule has 142 valence electrons. The molecule has 0 aliphatic heterocycles. The summed E-state index contributed by atoms with van der Waals surface area (Å²) < 4.78 is 33.8. The molecular weight excluding hydrogens is 350 g/mol. The molecule has 6 heteroatoms. The third-order valence-corrected chi connectivity index (χ3v) is 4.92. The van der Waals surface area contributed by atoms with E-state index >= 15 is 0 Å². The number of ether oxygens (including phenoxy) is 1. The molecular formula is C21H22F2N2O2. The molecule has 0 bridgehead atoms. The Hall–Kier alpha value is -2.47. The summed E-state index contributed by atoms with van der Waals surface area (Å²) in [4.78, 5) is 11.8. The van der Waals surface area contributed by atoms with Gasteiger partial charge in [0.05, 0.1) is 6.54 Å². The van der Waals surface area contributed by atoms with Crippen molar-refractivity contribution in [3.05, 3.63) is 65.2 Å². The van der Waals surface area contributed by atoms with Gasteiger partial charge in [0.25, 0.3) is 0 Å². The van der Waals surface area contributed by atoms with Crippen molar-refractivity contribution in [1.82, 2.24) is 10.6 Å². The lowest BCUT2D eigenvalue weighted by Gasteiger charge is -2.13. The highest BCUT2D eigenvalue weighted by Crippen LogP contribution is 2.46. The topological polar surface area (TPSA) is 50.4 Å². The Morgan fingerprint density at radius 2 is 1.93 bits per heavy atom. The summed E-state index contributed by atoms with van der Waals surface area (Å²) in [6.45, 7) is 0.431. The van der Waals surface area contributed by atoms with Crippen molar-refractivity contribution < 1.29 is 18.3 Å². The normalized spacial score (nSPS) is 21.0. The molecule has 4 nitrogen and oxygen atoms in total. The van der Waals surface area contributed by atoms with E-state index in [0.29, 0.717) is 11.6 Å². The van der Waals surface area contributed by atoms with Crippen LogP contribution in [-0.2, 0) is 11.4 Å². The molecule has 0 unspecified atom stereocenters. The van der Waals surface area contributed by atoms with E-state index in [0.717, 1.165) is 30.9 Å². The Balaban J connectivity index is 1.40. The van der Waals surface area contributed by atoms with Gasteiger partial charge in [-0.25, -0.2) is 8.78 Å². The summed E-state index contributed by atoms with van der Waals surface area (Å²) >= 11 is 0. The van der Waals surface area contributed by atoms with Gasteiger partial charge in [0.1, 0.15) is 12.4 Å². The number of hydrogen-bond donors (Lipinski definition) is 2. The average Bonchev–Trinajstić information content (AvgIpc) is 3.55. The first-order valence-electron chi connectivity index (χ1n) is 9.28. The van der Waals surface area contributed by atoms with Gasteiger partial charge in [-0.1, -0.05) is 30.3 Å². The van der Waals surface area contributed by atoms with Crippen molar-refractivity contribution >= 4 is 5.91 Å². The van der Waals surface area contributed by atoms with Crippen molar-refractivity contribution in [2.45, 2.75) is 43.9 Å². The van der Waals surface area contributed by atoms with Crippen LogP contribution in [0, 0.1) is 11.6 Å². The van der Waals surface area contributed by atoms with Gasteiger partial charge in [-0.05, 0) is 30.9 Å². The van der Waals surface area contributed by atoms with Crippen LogP contribution in [0.4, 0.5) is 8.78 Å².